The predicted molar refractivity (Wildman–Crippen MR) is 109 cm³/mol. The highest BCUT2D eigenvalue weighted by Gasteiger charge is 2.31. The third-order valence-electron chi connectivity index (χ3n) is 4.40. The molecule has 3 rings (SSSR count). The number of para-hydroxylation sites is 1. The van der Waals surface area contributed by atoms with Gasteiger partial charge in [0.25, 0.3) is 0 Å². The van der Waals surface area contributed by atoms with Crippen LogP contribution in [0.25, 0.3) is 10.9 Å². The Labute approximate surface area is 176 Å². The van der Waals surface area contributed by atoms with Crippen LogP contribution in [-0.4, -0.2) is 34.3 Å². The fraction of sp³-hybridized carbons (Fsp3) is 0.273. The first kappa shape index (κ1) is 22.2. The number of hydrogen-bond donors (Lipinski definition) is 1. The molecule has 1 N–H and O–H groups in total. The van der Waals surface area contributed by atoms with Gasteiger partial charge in [-0.3, -0.25) is 4.79 Å². The van der Waals surface area contributed by atoms with E-state index in [0.29, 0.717) is 29.9 Å². The fourth-order valence-electron chi connectivity index (χ4n) is 3.18. The Kier molecular flexibility index (Phi) is 6.84. The van der Waals surface area contributed by atoms with E-state index in [9.17, 15) is 23.1 Å². The molecule has 0 spiro atoms. The molecular formula is C22H21F3N2O4. The maximum Gasteiger partial charge on any atom is 0.573 e. The number of alkyl halides is 3. The number of benzene rings is 2. The average molecular weight is 434 g/mol. The predicted octanol–water partition coefficient (Wildman–Crippen LogP) is 5.00. The Hall–Kier alpha value is -3.49. The lowest BCUT2D eigenvalue weighted by Crippen LogP contribution is -2.18. The molecule has 0 aliphatic carbocycles. The van der Waals surface area contributed by atoms with Crippen molar-refractivity contribution >= 4 is 22.6 Å². The lowest BCUT2D eigenvalue weighted by molar-refractivity contribution is -0.274. The third-order valence-corrected chi connectivity index (χ3v) is 4.40. The van der Waals surface area contributed by atoms with E-state index in [1.807, 2.05) is 31.2 Å². The van der Waals surface area contributed by atoms with Crippen LogP contribution in [0.5, 0.6) is 5.75 Å². The molecule has 31 heavy (non-hydrogen) atoms. The van der Waals surface area contributed by atoms with Gasteiger partial charge in [0.15, 0.2) is 0 Å². The third kappa shape index (κ3) is 6.00. The molecule has 0 bridgehead atoms. The van der Waals surface area contributed by atoms with E-state index in [1.165, 1.54) is 18.2 Å². The largest absolute Gasteiger partial charge is 0.573 e. The molecule has 0 saturated carbocycles. The molecule has 0 aliphatic rings. The van der Waals surface area contributed by atoms with Gasteiger partial charge in [-0.1, -0.05) is 42.4 Å². The maximum atomic E-state index is 12.6. The van der Waals surface area contributed by atoms with Crippen LogP contribution in [0, 0.1) is 0 Å². The molecule has 0 saturated heterocycles. The van der Waals surface area contributed by atoms with E-state index < -0.39 is 12.3 Å². The van der Waals surface area contributed by atoms with Crippen LogP contribution in [0.15, 0.2) is 59.9 Å². The standard InChI is InChI=1S/C22H21F3N2O4/c1-2-10-30-26-19(15-6-5-7-17(11-15)31-22(23,24)25)14-27-13-16(12-21(28)29)18-8-3-4-9-20(18)27/h3-9,11,13H,2,10,12,14H2,1H3,(H,28,29)/b26-19+. The summed E-state index contributed by atoms with van der Waals surface area (Å²) in [5, 5.41) is 14.1. The van der Waals surface area contributed by atoms with Gasteiger partial charge in [0.1, 0.15) is 18.1 Å². The van der Waals surface area contributed by atoms with Crippen molar-refractivity contribution in [3.05, 3.63) is 65.9 Å². The summed E-state index contributed by atoms with van der Waals surface area (Å²) < 4.78 is 43.7. The first-order valence-corrected chi connectivity index (χ1v) is 9.60. The van der Waals surface area contributed by atoms with Crippen molar-refractivity contribution in [3.63, 3.8) is 0 Å². The van der Waals surface area contributed by atoms with E-state index in [0.717, 1.165) is 10.9 Å². The highest BCUT2D eigenvalue weighted by atomic mass is 19.4. The Morgan fingerprint density at radius 1 is 1.16 bits per heavy atom. The minimum Gasteiger partial charge on any atom is -0.481 e. The Bertz CT molecular complexity index is 1090. The summed E-state index contributed by atoms with van der Waals surface area (Å²) >= 11 is 0. The van der Waals surface area contributed by atoms with Crippen molar-refractivity contribution in [2.45, 2.75) is 32.7 Å². The van der Waals surface area contributed by atoms with Crippen molar-refractivity contribution in [2.24, 2.45) is 5.16 Å². The molecule has 6 nitrogen and oxygen atoms in total. The lowest BCUT2D eigenvalue weighted by atomic mass is 10.1. The highest BCUT2D eigenvalue weighted by Crippen LogP contribution is 2.25. The SMILES string of the molecule is CCCO/N=C(\Cn1cc(CC(=O)O)c2ccccc21)c1cccc(OC(F)(F)F)c1. The van der Waals surface area contributed by atoms with Crippen LogP contribution >= 0.6 is 0 Å². The summed E-state index contributed by atoms with van der Waals surface area (Å²) in [6, 6.07) is 12.8. The molecule has 0 unspecified atom stereocenters. The fourth-order valence-corrected chi connectivity index (χ4v) is 3.18. The van der Waals surface area contributed by atoms with Gasteiger partial charge in [-0.2, -0.15) is 0 Å². The monoisotopic (exact) mass is 434 g/mol. The minimum absolute atomic E-state index is 0.152. The van der Waals surface area contributed by atoms with Crippen LogP contribution in [-0.2, 0) is 22.6 Å². The first-order chi connectivity index (χ1) is 14.8. The van der Waals surface area contributed by atoms with E-state index >= 15 is 0 Å². The number of carbonyl (C=O) groups is 1. The van der Waals surface area contributed by atoms with Gasteiger partial charge in [-0.15, -0.1) is 13.2 Å². The van der Waals surface area contributed by atoms with E-state index in [1.54, 1.807) is 16.8 Å². The number of fused-ring (bicyclic) bond motifs is 1. The van der Waals surface area contributed by atoms with Gasteiger partial charge >= 0.3 is 12.3 Å². The zero-order valence-electron chi connectivity index (χ0n) is 16.7. The lowest BCUT2D eigenvalue weighted by Gasteiger charge is -2.12. The summed E-state index contributed by atoms with van der Waals surface area (Å²) in [4.78, 5) is 16.5. The van der Waals surface area contributed by atoms with Crippen molar-refractivity contribution in [1.29, 1.82) is 0 Å². The summed E-state index contributed by atoms with van der Waals surface area (Å²) in [6.07, 6.45) is -2.54. The second-order valence-corrected chi connectivity index (χ2v) is 6.82. The van der Waals surface area contributed by atoms with Crippen molar-refractivity contribution in [2.75, 3.05) is 6.61 Å². The summed E-state index contributed by atoms with van der Waals surface area (Å²) in [6.45, 7) is 2.42. The van der Waals surface area contributed by atoms with Crippen LogP contribution in [0.1, 0.15) is 24.5 Å². The number of carboxylic acids is 1. The molecule has 0 atom stereocenters. The molecule has 3 aromatic rings. The number of aromatic nitrogens is 1. The van der Waals surface area contributed by atoms with Crippen LogP contribution in [0.2, 0.25) is 0 Å². The minimum atomic E-state index is -4.81. The quantitative estimate of drug-likeness (QED) is 0.292. The molecule has 9 heteroatoms. The van der Waals surface area contributed by atoms with E-state index in [2.05, 4.69) is 9.89 Å². The molecule has 0 radical (unpaired) electrons. The average Bonchev–Trinajstić information content (AvgIpc) is 3.03. The molecule has 1 aromatic heterocycles. The number of ether oxygens (including phenoxy) is 1. The maximum absolute atomic E-state index is 12.6. The van der Waals surface area contributed by atoms with Gasteiger partial charge in [0.2, 0.25) is 0 Å². The molecule has 0 fully saturated rings. The second-order valence-electron chi connectivity index (χ2n) is 6.82. The molecular weight excluding hydrogens is 413 g/mol. The Morgan fingerprint density at radius 2 is 1.94 bits per heavy atom. The van der Waals surface area contributed by atoms with Crippen molar-refractivity contribution in [3.8, 4) is 5.75 Å². The second kappa shape index (κ2) is 9.55. The number of halogens is 3. The van der Waals surface area contributed by atoms with Gasteiger partial charge in [-0.05, 0) is 30.2 Å². The number of aliphatic carboxylic acids is 1. The highest BCUT2D eigenvalue weighted by molar-refractivity contribution is 6.01. The topological polar surface area (TPSA) is 73.1 Å². The molecule has 1 heterocycles. The summed E-state index contributed by atoms with van der Waals surface area (Å²) in [5.74, 6) is -1.32. The number of carboxylic acid groups (broad SMARTS) is 1. The molecule has 0 aliphatic heterocycles. The molecule has 0 amide bonds. The zero-order chi connectivity index (χ0) is 22.4. The van der Waals surface area contributed by atoms with Crippen molar-refractivity contribution in [1.82, 2.24) is 4.57 Å². The van der Waals surface area contributed by atoms with Crippen LogP contribution < -0.4 is 4.74 Å². The molecule has 164 valence electrons. The van der Waals surface area contributed by atoms with Crippen LogP contribution in [0.3, 0.4) is 0 Å². The summed E-state index contributed by atoms with van der Waals surface area (Å²) in [7, 11) is 0. The number of oxime groups is 1. The van der Waals surface area contributed by atoms with Crippen molar-refractivity contribution < 1.29 is 32.6 Å². The van der Waals surface area contributed by atoms with Gasteiger partial charge in [-0.25, -0.2) is 0 Å². The number of hydrogen-bond acceptors (Lipinski definition) is 4. The first-order valence-electron chi connectivity index (χ1n) is 9.60. The number of nitrogens with zero attached hydrogens (tertiary/aromatic N) is 2. The number of rotatable bonds is 9. The smallest absolute Gasteiger partial charge is 0.481 e. The molecule has 2 aromatic carbocycles. The zero-order valence-corrected chi connectivity index (χ0v) is 16.7. The summed E-state index contributed by atoms with van der Waals surface area (Å²) in [5.41, 5.74) is 2.19. The van der Waals surface area contributed by atoms with Crippen LogP contribution in [0.4, 0.5) is 13.2 Å². The van der Waals surface area contributed by atoms with Gasteiger partial charge in [0.05, 0.1) is 13.0 Å². The van der Waals surface area contributed by atoms with Gasteiger partial charge < -0.3 is 19.2 Å². The van der Waals surface area contributed by atoms with Gasteiger partial charge in [0, 0.05) is 22.7 Å². The normalized spacial score (nSPS) is 12.2. The van der Waals surface area contributed by atoms with E-state index in [-0.39, 0.29) is 18.7 Å². The van der Waals surface area contributed by atoms with E-state index in [4.69, 9.17) is 4.84 Å². The Balaban J connectivity index is 1.99. The Morgan fingerprint density at radius 3 is 2.65 bits per heavy atom.